The predicted molar refractivity (Wildman–Crippen MR) is 115 cm³/mol. The van der Waals surface area contributed by atoms with E-state index in [4.69, 9.17) is 0 Å². The number of benzene rings is 1. The van der Waals surface area contributed by atoms with E-state index in [1.54, 1.807) is 23.0 Å². The molecular formula is C23H29N3O4. The first-order valence-corrected chi connectivity index (χ1v) is 10.2. The maximum Gasteiger partial charge on any atom is 0.255 e. The van der Waals surface area contributed by atoms with Crippen LogP contribution in [-0.4, -0.2) is 63.6 Å². The summed E-state index contributed by atoms with van der Waals surface area (Å²) in [5, 5.41) is 11.0. The van der Waals surface area contributed by atoms with Crippen molar-refractivity contribution in [3.8, 4) is 11.1 Å². The number of pyridine rings is 1. The number of piperidine rings is 1. The Bertz CT molecular complexity index is 960. The minimum absolute atomic E-state index is 0.00152. The molecule has 7 nitrogen and oxygen atoms in total. The summed E-state index contributed by atoms with van der Waals surface area (Å²) in [4.78, 5) is 40.3. The number of nitrogens with zero attached hydrogens (tertiary/aromatic N) is 3. The Labute approximate surface area is 176 Å². The summed E-state index contributed by atoms with van der Waals surface area (Å²) in [5.41, 5.74) is 0.425. The first-order chi connectivity index (χ1) is 14.2. The molecule has 0 atom stereocenters. The van der Waals surface area contributed by atoms with Gasteiger partial charge in [0, 0.05) is 44.0 Å². The fourth-order valence-corrected chi connectivity index (χ4v) is 3.67. The number of amides is 2. The van der Waals surface area contributed by atoms with Crippen molar-refractivity contribution in [2.45, 2.75) is 44.9 Å². The van der Waals surface area contributed by atoms with Crippen LogP contribution in [0.25, 0.3) is 11.1 Å². The van der Waals surface area contributed by atoms with Crippen molar-refractivity contribution in [2.75, 3.05) is 20.1 Å². The molecule has 0 spiro atoms. The van der Waals surface area contributed by atoms with Crippen LogP contribution in [-0.2, 0) is 11.3 Å². The van der Waals surface area contributed by atoms with Crippen LogP contribution in [0.1, 0.15) is 37.0 Å². The van der Waals surface area contributed by atoms with Crippen molar-refractivity contribution < 1.29 is 14.7 Å². The number of hydrogen-bond acceptors (Lipinski definition) is 4. The largest absolute Gasteiger partial charge is 0.388 e. The van der Waals surface area contributed by atoms with Crippen LogP contribution >= 0.6 is 0 Å². The minimum Gasteiger partial charge on any atom is -0.388 e. The number of rotatable bonds is 6. The quantitative estimate of drug-likeness (QED) is 0.737. The summed E-state index contributed by atoms with van der Waals surface area (Å²) in [7, 11) is 1.74. The van der Waals surface area contributed by atoms with Crippen LogP contribution < -0.4 is 5.56 Å². The van der Waals surface area contributed by atoms with Gasteiger partial charge in [-0.25, -0.2) is 0 Å². The normalized spacial score (nSPS) is 15.8. The molecule has 1 aliphatic rings. The predicted octanol–water partition coefficient (Wildman–Crippen LogP) is 1.98. The summed E-state index contributed by atoms with van der Waals surface area (Å²) in [5.74, 6) is -0.180. The van der Waals surface area contributed by atoms with Crippen molar-refractivity contribution >= 4 is 12.3 Å². The van der Waals surface area contributed by atoms with Gasteiger partial charge in [-0.1, -0.05) is 30.3 Å². The molecule has 7 heteroatoms. The topological polar surface area (TPSA) is 82.8 Å². The molecule has 1 aromatic carbocycles. The molecule has 1 aliphatic heterocycles. The highest BCUT2D eigenvalue weighted by molar-refractivity contribution is 6.00. The van der Waals surface area contributed by atoms with Crippen molar-refractivity contribution in [3.63, 3.8) is 0 Å². The molecule has 3 rings (SSSR count). The fraction of sp³-hybridized carbons (Fsp3) is 0.435. The van der Waals surface area contributed by atoms with E-state index in [1.165, 1.54) is 10.6 Å². The summed E-state index contributed by atoms with van der Waals surface area (Å²) in [6.07, 6.45) is 3.11. The molecule has 2 aromatic rings. The lowest BCUT2D eigenvalue weighted by atomic mass is 9.91. The highest BCUT2D eigenvalue weighted by atomic mass is 16.3. The van der Waals surface area contributed by atoms with Gasteiger partial charge in [-0.2, -0.15) is 0 Å². The standard InChI is InChI=1S/C23H29N3O4/c1-17(2)24(3)22(29)20-14-26(15-23(30)9-11-25(16-27)12-10-23)21(28)13-19(20)18-7-5-4-6-8-18/h4-8,13-14,16-17,30H,9-12,15H2,1-3H3. The number of carbonyl (C=O) groups is 2. The molecule has 30 heavy (non-hydrogen) atoms. The molecule has 1 fully saturated rings. The van der Waals surface area contributed by atoms with E-state index in [0.717, 1.165) is 12.0 Å². The van der Waals surface area contributed by atoms with Gasteiger partial charge in [0.05, 0.1) is 17.7 Å². The average Bonchev–Trinajstić information content (AvgIpc) is 2.75. The van der Waals surface area contributed by atoms with E-state index in [9.17, 15) is 19.5 Å². The Hall–Kier alpha value is -2.93. The van der Waals surface area contributed by atoms with Gasteiger partial charge < -0.3 is 19.5 Å². The summed E-state index contributed by atoms with van der Waals surface area (Å²) in [6, 6.07) is 10.8. The van der Waals surface area contributed by atoms with Gasteiger partial charge in [-0.3, -0.25) is 14.4 Å². The molecule has 0 radical (unpaired) electrons. The molecule has 1 saturated heterocycles. The number of likely N-dealkylation sites (tertiary alicyclic amines) is 1. The molecule has 2 amide bonds. The molecule has 2 heterocycles. The van der Waals surface area contributed by atoms with Gasteiger partial charge in [-0.05, 0) is 32.3 Å². The maximum absolute atomic E-state index is 13.2. The van der Waals surface area contributed by atoms with Crippen molar-refractivity contribution in [1.29, 1.82) is 0 Å². The van der Waals surface area contributed by atoms with E-state index in [0.29, 0.717) is 37.1 Å². The highest BCUT2D eigenvalue weighted by Gasteiger charge is 2.33. The molecule has 0 unspecified atom stereocenters. The Morgan fingerprint density at radius 1 is 1.23 bits per heavy atom. The molecule has 0 saturated carbocycles. The van der Waals surface area contributed by atoms with E-state index in [1.807, 2.05) is 44.2 Å². The van der Waals surface area contributed by atoms with Crippen LogP contribution in [0.15, 0.2) is 47.4 Å². The lowest BCUT2D eigenvalue weighted by Gasteiger charge is -2.37. The van der Waals surface area contributed by atoms with Gasteiger partial charge in [0.2, 0.25) is 6.41 Å². The zero-order valence-corrected chi connectivity index (χ0v) is 17.7. The van der Waals surface area contributed by atoms with Crippen LogP contribution in [0.4, 0.5) is 0 Å². The maximum atomic E-state index is 13.2. The Morgan fingerprint density at radius 3 is 2.43 bits per heavy atom. The average molecular weight is 412 g/mol. The van der Waals surface area contributed by atoms with Gasteiger partial charge in [0.15, 0.2) is 0 Å². The van der Waals surface area contributed by atoms with Crippen LogP contribution in [0.5, 0.6) is 0 Å². The van der Waals surface area contributed by atoms with Crippen LogP contribution in [0, 0.1) is 0 Å². The van der Waals surface area contributed by atoms with E-state index in [2.05, 4.69) is 0 Å². The molecule has 1 N–H and O–H groups in total. The van der Waals surface area contributed by atoms with E-state index >= 15 is 0 Å². The number of carbonyl (C=O) groups excluding carboxylic acids is 2. The molecule has 1 aromatic heterocycles. The monoisotopic (exact) mass is 411 g/mol. The Balaban J connectivity index is 2.02. The molecular weight excluding hydrogens is 382 g/mol. The lowest BCUT2D eigenvalue weighted by molar-refractivity contribution is -0.122. The summed E-state index contributed by atoms with van der Waals surface area (Å²) >= 11 is 0. The highest BCUT2D eigenvalue weighted by Crippen LogP contribution is 2.26. The second-order valence-corrected chi connectivity index (χ2v) is 8.31. The molecule has 0 aliphatic carbocycles. The zero-order chi connectivity index (χ0) is 21.9. The third-order valence-electron chi connectivity index (χ3n) is 5.88. The zero-order valence-electron chi connectivity index (χ0n) is 17.7. The van der Waals surface area contributed by atoms with Gasteiger partial charge in [0.1, 0.15) is 0 Å². The smallest absolute Gasteiger partial charge is 0.255 e. The van der Waals surface area contributed by atoms with Crippen molar-refractivity contribution in [1.82, 2.24) is 14.4 Å². The second kappa shape index (κ2) is 8.83. The van der Waals surface area contributed by atoms with Gasteiger partial charge >= 0.3 is 0 Å². The van der Waals surface area contributed by atoms with Crippen LogP contribution in [0.2, 0.25) is 0 Å². The minimum atomic E-state index is -1.10. The number of aliphatic hydroxyl groups is 1. The molecule has 0 bridgehead atoms. The summed E-state index contributed by atoms with van der Waals surface area (Å²) in [6.45, 7) is 4.83. The van der Waals surface area contributed by atoms with E-state index in [-0.39, 0.29) is 24.1 Å². The lowest BCUT2D eigenvalue weighted by Crippen LogP contribution is -2.47. The third-order valence-corrected chi connectivity index (χ3v) is 5.88. The number of hydrogen-bond donors (Lipinski definition) is 1. The molecule has 160 valence electrons. The third kappa shape index (κ3) is 4.62. The van der Waals surface area contributed by atoms with E-state index < -0.39 is 5.60 Å². The van der Waals surface area contributed by atoms with Gasteiger partial charge in [0.25, 0.3) is 11.5 Å². The van der Waals surface area contributed by atoms with Crippen molar-refractivity contribution in [3.05, 3.63) is 58.5 Å². The van der Waals surface area contributed by atoms with Crippen LogP contribution in [0.3, 0.4) is 0 Å². The first-order valence-electron chi connectivity index (χ1n) is 10.2. The first kappa shape index (κ1) is 21.8. The Morgan fingerprint density at radius 2 is 1.87 bits per heavy atom. The SMILES string of the molecule is CC(C)N(C)C(=O)c1cn(CC2(O)CCN(C=O)CC2)c(=O)cc1-c1ccccc1. The fourth-order valence-electron chi connectivity index (χ4n) is 3.67. The van der Waals surface area contributed by atoms with Gasteiger partial charge in [-0.15, -0.1) is 0 Å². The Kier molecular flexibility index (Phi) is 6.41. The van der Waals surface area contributed by atoms with Crippen molar-refractivity contribution in [2.24, 2.45) is 0 Å². The summed E-state index contributed by atoms with van der Waals surface area (Å²) < 4.78 is 1.42. The number of aromatic nitrogens is 1. The second-order valence-electron chi connectivity index (χ2n) is 8.31.